The van der Waals surface area contributed by atoms with Gasteiger partial charge in [0.25, 0.3) is 5.56 Å². The maximum Gasteiger partial charge on any atom is 0.262 e. The molecular formula is C12H12ClN3O2. The van der Waals surface area contributed by atoms with Crippen LogP contribution in [0.15, 0.2) is 23.0 Å². The molecule has 0 saturated carbocycles. The third kappa shape index (κ3) is 1.67. The molecule has 0 bridgehead atoms. The van der Waals surface area contributed by atoms with Gasteiger partial charge in [-0.3, -0.25) is 9.36 Å². The first-order valence-corrected chi connectivity index (χ1v) is 6.05. The van der Waals surface area contributed by atoms with Crippen LogP contribution >= 0.6 is 11.6 Å². The highest BCUT2D eigenvalue weighted by Gasteiger charge is 2.23. The number of aromatic nitrogens is 2. The number of rotatable bonds is 2. The highest BCUT2D eigenvalue weighted by Crippen LogP contribution is 2.21. The molecule has 0 amide bonds. The van der Waals surface area contributed by atoms with Crippen molar-refractivity contribution in [1.82, 2.24) is 14.9 Å². The van der Waals surface area contributed by atoms with Gasteiger partial charge in [-0.25, -0.2) is 4.98 Å². The summed E-state index contributed by atoms with van der Waals surface area (Å²) >= 11 is 6.08. The zero-order valence-corrected chi connectivity index (χ0v) is 10.6. The summed E-state index contributed by atoms with van der Waals surface area (Å²) in [5, 5.41) is 3.89. The number of hydrogen-bond acceptors (Lipinski definition) is 4. The van der Waals surface area contributed by atoms with Gasteiger partial charge in [-0.1, -0.05) is 0 Å². The Morgan fingerprint density at radius 3 is 2.89 bits per heavy atom. The van der Waals surface area contributed by atoms with Crippen LogP contribution < -0.4 is 15.6 Å². The second kappa shape index (κ2) is 4.26. The molecule has 0 unspecified atom stereocenters. The molecular weight excluding hydrogens is 254 g/mol. The minimum Gasteiger partial charge on any atom is -0.497 e. The first-order chi connectivity index (χ1) is 8.70. The van der Waals surface area contributed by atoms with E-state index in [4.69, 9.17) is 16.3 Å². The van der Waals surface area contributed by atoms with Crippen molar-refractivity contribution in [2.24, 2.45) is 0 Å². The Hall–Kier alpha value is -1.59. The topological polar surface area (TPSA) is 56.1 Å². The molecule has 1 aromatic heterocycles. The van der Waals surface area contributed by atoms with Crippen LogP contribution in [0.5, 0.6) is 5.75 Å². The summed E-state index contributed by atoms with van der Waals surface area (Å²) in [5.74, 6) is 0.641. The van der Waals surface area contributed by atoms with Crippen LogP contribution in [-0.4, -0.2) is 29.8 Å². The molecule has 6 heteroatoms. The van der Waals surface area contributed by atoms with E-state index >= 15 is 0 Å². The van der Waals surface area contributed by atoms with E-state index in [1.807, 2.05) is 0 Å². The van der Waals surface area contributed by atoms with Crippen LogP contribution in [0, 0.1) is 0 Å². The first-order valence-electron chi connectivity index (χ1n) is 5.67. The lowest BCUT2D eigenvalue weighted by molar-refractivity contribution is 0.335. The Balaban J connectivity index is 2.27. The zero-order chi connectivity index (χ0) is 12.7. The van der Waals surface area contributed by atoms with Crippen molar-refractivity contribution in [2.45, 2.75) is 6.04 Å². The van der Waals surface area contributed by atoms with Crippen LogP contribution in [0.1, 0.15) is 6.04 Å². The average Bonchev–Trinajstić information content (AvgIpc) is 2.31. The number of nitrogens with one attached hydrogen (secondary N) is 1. The first kappa shape index (κ1) is 11.5. The molecule has 94 valence electrons. The van der Waals surface area contributed by atoms with E-state index < -0.39 is 0 Å². The van der Waals surface area contributed by atoms with Crippen LogP contribution in [0.3, 0.4) is 0 Å². The molecule has 0 aliphatic carbocycles. The van der Waals surface area contributed by atoms with Gasteiger partial charge in [-0.2, -0.15) is 0 Å². The Kier molecular flexibility index (Phi) is 2.72. The van der Waals surface area contributed by atoms with Crippen LogP contribution in [-0.2, 0) is 0 Å². The lowest BCUT2D eigenvalue weighted by atomic mass is 10.1. The Labute approximate surface area is 108 Å². The highest BCUT2D eigenvalue weighted by molar-refractivity contribution is 6.28. The Morgan fingerprint density at radius 1 is 1.50 bits per heavy atom. The molecule has 18 heavy (non-hydrogen) atoms. The highest BCUT2D eigenvalue weighted by atomic mass is 35.5. The zero-order valence-electron chi connectivity index (χ0n) is 9.81. The minimum atomic E-state index is -0.115. The van der Waals surface area contributed by atoms with Crippen LogP contribution in [0.2, 0.25) is 5.28 Å². The van der Waals surface area contributed by atoms with Gasteiger partial charge >= 0.3 is 0 Å². The molecule has 1 aromatic carbocycles. The second-order valence-corrected chi connectivity index (χ2v) is 4.59. The third-order valence-corrected chi connectivity index (χ3v) is 3.46. The van der Waals surface area contributed by atoms with Gasteiger partial charge in [-0.15, -0.1) is 0 Å². The molecule has 1 aliphatic heterocycles. The summed E-state index contributed by atoms with van der Waals surface area (Å²) in [6.07, 6.45) is 0. The van der Waals surface area contributed by atoms with E-state index in [9.17, 15) is 4.79 Å². The number of benzene rings is 1. The number of hydrogen-bond donors (Lipinski definition) is 1. The van der Waals surface area contributed by atoms with Gasteiger partial charge < -0.3 is 10.1 Å². The summed E-state index contributed by atoms with van der Waals surface area (Å²) in [4.78, 5) is 16.7. The maximum atomic E-state index is 12.4. The molecule has 0 atom stereocenters. The van der Waals surface area contributed by atoms with Gasteiger partial charge in [0, 0.05) is 13.1 Å². The fourth-order valence-corrected chi connectivity index (χ4v) is 2.36. The molecule has 1 aliphatic rings. The summed E-state index contributed by atoms with van der Waals surface area (Å²) in [7, 11) is 1.57. The fourth-order valence-electron chi connectivity index (χ4n) is 2.05. The molecule has 0 radical (unpaired) electrons. The summed E-state index contributed by atoms with van der Waals surface area (Å²) in [5.41, 5.74) is 0.477. The lowest BCUT2D eigenvalue weighted by Gasteiger charge is -2.29. The van der Waals surface area contributed by atoms with Crippen molar-refractivity contribution in [2.75, 3.05) is 20.2 Å². The van der Waals surface area contributed by atoms with Crippen molar-refractivity contribution < 1.29 is 4.74 Å². The Bertz CT molecular complexity index is 664. The molecule has 1 fully saturated rings. The third-order valence-electron chi connectivity index (χ3n) is 3.19. The number of ether oxygens (including phenoxy) is 1. The quantitative estimate of drug-likeness (QED) is 0.829. The SMILES string of the molecule is COc1ccc2nc(Cl)n(C3CNC3)c(=O)c2c1. The van der Waals surface area contributed by atoms with Gasteiger partial charge in [0.15, 0.2) is 0 Å². The molecule has 3 rings (SSSR count). The summed E-state index contributed by atoms with van der Waals surface area (Å²) in [6, 6.07) is 5.29. The van der Waals surface area contributed by atoms with Gasteiger partial charge in [0.2, 0.25) is 5.28 Å². The van der Waals surface area contributed by atoms with E-state index in [1.54, 1.807) is 29.9 Å². The average molecular weight is 266 g/mol. The number of halogens is 1. The van der Waals surface area contributed by atoms with Crippen LogP contribution in [0.25, 0.3) is 10.9 Å². The number of methoxy groups -OCH3 is 1. The van der Waals surface area contributed by atoms with E-state index in [0.29, 0.717) is 16.7 Å². The van der Waals surface area contributed by atoms with E-state index in [-0.39, 0.29) is 16.9 Å². The molecule has 2 heterocycles. The molecule has 1 N–H and O–H groups in total. The monoisotopic (exact) mass is 265 g/mol. The lowest BCUT2D eigenvalue weighted by Crippen LogP contribution is -2.47. The molecule has 0 spiro atoms. The van der Waals surface area contributed by atoms with Crippen molar-refractivity contribution in [3.8, 4) is 5.75 Å². The van der Waals surface area contributed by atoms with Crippen molar-refractivity contribution in [3.05, 3.63) is 33.8 Å². The van der Waals surface area contributed by atoms with Gasteiger partial charge in [0.1, 0.15) is 5.75 Å². The van der Waals surface area contributed by atoms with Gasteiger partial charge in [0.05, 0.1) is 24.1 Å². The Morgan fingerprint density at radius 2 is 2.28 bits per heavy atom. The molecule has 2 aromatic rings. The van der Waals surface area contributed by atoms with E-state index in [0.717, 1.165) is 13.1 Å². The van der Waals surface area contributed by atoms with E-state index in [2.05, 4.69) is 10.3 Å². The van der Waals surface area contributed by atoms with Crippen molar-refractivity contribution in [3.63, 3.8) is 0 Å². The number of fused-ring (bicyclic) bond motifs is 1. The normalized spacial score (nSPS) is 15.7. The predicted molar refractivity (Wildman–Crippen MR) is 69.5 cm³/mol. The minimum absolute atomic E-state index is 0.0908. The number of nitrogens with zero attached hydrogens (tertiary/aromatic N) is 2. The molecule has 1 saturated heterocycles. The molecule has 5 nitrogen and oxygen atoms in total. The van der Waals surface area contributed by atoms with Crippen LogP contribution in [0.4, 0.5) is 0 Å². The maximum absolute atomic E-state index is 12.4. The van der Waals surface area contributed by atoms with Crippen molar-refractivity contribution in [1.29, 1.82) is 0 Å². The second-order valence-electron chi connectivity index (χ2n) is 4.25. The summed E-state index contributed by atoms with van der Waals surface area (Å²) < 4.78 is 6.67. The smallest absolute Gasteiger partial charge is 0.262 e. The van der Waals surface area contributed by atoms with Gasteiger partial charge in [-0.05, 0) is 29.8 Å². The van der Waals surface area contributed by atoms with E-state index in [1.165, 1.54) is 0 Å². The summed E-state index contributed by atoms with van der Waals surface area (Å²) in [6.45, 7) is 1.49. The van der Waals surface area contributed by atoms with Crippen molar-refractivity contribution >= 4 is 22.5 Å². The predicted octanol–water partition coefficient (Wildman–Crippen LogP) is 1.20. The standard InChI is InChI=1S/C12H12ClN3O2/c1-18-8-2-3-10-9(4-8)11(17)16(12(13)15-10)7-5-14-6-7/h2-4,7,14H,5-6H2,1H3. The fraction of sp³-hybridized carbons (Fsp3) is 0.333. The largest absolute Gasteiger partial charge is 0.497 e.